The van der Waals surface area contributed by atoms with E-state index in [0.29, 0.717) is 37.4 Å². The smallest absolute Gasteiger partial charge is 0.264 e. The second kappa shape index (κ2) is 7.76. The fourth-order valence-electron chi connectivity index (χ4n) is 3.32. The monoisotopic (exact) mass is 376 g/mol. The Labute approximate surface area is 157 Å². The Hall–Kier alpha value is -1.92. The largest absolute Gasteiger partial charge is 0.389 e. The van der Waals surface area contributed by atoms with E-state index in [0.717, 1.165) is 11.3 Å². The van der Waals surface area contributed by atoms with E-state index in [2.05, 4.69) is 13.8 Å². The number of halogens is 1. The molecule has 2 heterocycles. The van der Waals surface area contributed by atoms with E-state index >= 15 is 0 Å². The molecule has 4 nitrogen and oxygen atoms in total. The molecule has 1 fully saturated rings. The Balaban J connectivity index is 1.66. The first kappa shape index (κ1) is 18.9. The van der Waals surface area contributed by atoms with Gasteiger partial charge >= 0.3 is 0 Å². The topological polar surface area (TPSA) is 43.8 Å². The van der Waals surface area contributed by atoms with Crippen LogP contribution in [0.25, 0.3) is 0 Å². The molecule has 1 N–H and O–H groups in total. The number of nitrogens with zero attached hydrogens (tertiary/aromatic N) is 2. The zero-order chi connectivity index (χ0) is 18.8. The summed E-state index contributed by atoms with van der Waals surface area (Å²) in [5.74, 6) is -0.257. The van der Waals surface area contributed by atoms with Gasteiger partial charge in [0, 0.05) is 31.1 Å². The second-order valence-electron chi connectivity index (χ2n) is 6.71. The Morgan fingerprint density at radius 2 is 1.96 bits per heavy atom. The van der Waals surface area contributed by atoms with Crippen molar-refractivity contribution >= 4 is 22.9 Å². The van der Waals surface area contributed by atoms with Gasteiger partial charge in [-0.25, -0.2) is 4.39 Å². The summed E-state index contributed by atoms with van der Waals surface area (Å²) in [7, 11) is 0. The number of carbonyl (C=O) groups excluding carboxylic acids is 1. The van der Waals surface area contributed by atoms with Gasteiger partial charge in [0.1, 0.15) is 5.82 Å². The van der Waals surface area contributed by atoms with Gasteiger partial charge in [-0.3, -0.25) is 4.79 Å². The number of benzene rings is 1. The molecule has 0 bridgehead atoms. The van der Waals surface area contributed by atoms with Crippen molar-refractivity contribution in [1.29, 1.82) is 0 Å². The first-order valence-electron chi connectivity index (χ1n) is 9.01. The van der Waals surface area contributed by atoms with E-state index in [1.54, 1.807) is 30.4 Å². The van der Waals surface area contributed by atoms with E-state index in [9.17, 15) is 14.3 Å². The molecule has 2 aromatic rings. The first-order chi connectivity index (χ1) is 12.4. The number of carbonyl (C=O) groups is 1. The number of hydrogen-bond acceptors (Lipinski definition) is 4. The normalized spacial score (nSPS) is 16.0. The fraction of sp³-hybridized carbons (Fsp3) is 0.450. The second-order valence-corrected chi connectivity index (χ2v) is 7.97. The molecule has 0 aliphatic carbocycles. The lowest BCUT2D eigenvalue weighted by Crippen LogP contribution is -2.48. The van der Waals surface area contributed by atoms with Crippen LogP contribution >= 0.6 is 11.3 Å². The molecule has 1 amide bonds. The van der Waals surface area contributed by atoms with E-state index in [-0.39, 0.29) is 11.7 Å². The van der Waals surface area contributed by atoms with Crippen molar-refractivity contribution in [1.82, 2.24) is 4.90 Å². The lowest BCUT2D eigenvalue weighted by Gasteiger charge is -2.36. The molecule has 6 heteroatoms. The number of amides is 1. The molecule has 3 rings (SSSR count). The lowest BCUT2D eigenvalue weighted by atomic mass is 10.1. The average molecular weight is 376 g/mol. The van der Waals surface area contributed by atoms with E-state index in [1.165, 1.54) is 16.5 Å². The fourth-order valence-corrected chi connectivity index (χ4v) is 4.40. The summed E-state index contributed by atoms with van der Waals surface area (Å²) in [6.45, 7) is 8.12. The maximum absolute atomic E-state index is 14.4. The summed E-state index contributed by atoms with van der Waals surface area (Å²) in [6, 6.07) is 6.85. The molecular formula is C20H25FN2O2S. The van der Waals surface area contributed by atoms with Gasteiger partial charge in [0.05, 0.1) is 16.7 Å². The summed E-state index contributed by atoms with van der Waals surface area (Å²) < 4.78 is 14.4. The summed E-state index contributed by atoms with van der Waals surface area (Å²) in [6.07, 6.45) is 0.251. The Morgan fingerprint density at radius 3 is 2.50 bits per heavy atom. The highest BCUT2D eigenvalue weighted by atomic mass is 32.1. The van der Waals surface area contributed by atoms with Crippen LogP contribution in [0.1, 0.15) is 45.6 Å². The number of anilines is 1. The summed E-state index contributed by atoms with van der Waals surface area (Å²) in [5.41, 5.74) is 2.33. The minimum Gasteiger partial charge on any atom is -0.389 e. The van der Waals surface area contributed by atoms with Crippen LogP contribution in [-0.4, -0.2) is 42.1 Å². The molecule has 1 aliphatic rings. The maximum atomic E-state index is 14.4. The molecule has 26 heavy (non-hydrogen) atoms. The van der Waals surface area contributed by atoms with Crippen molar-refractivity contribution in [3.8, 4) is 0 Å². The van der Waals surface area contributed by atoms with Crippen LogP contribution in [0.2, 0.25) is 0 Å². The molecule has 1 aromatic heterocycles. The van der Waals surface area contributed by atoms with Gasteiger partial charge in [-0.05, 0) is 49.6 Å². The lowest BCUT2D eigenvalue weighted by molar-refractivity contribution is 0.0751. The quantitative estimate of drug-likeness (QED) is 0.883. The zero-order valence-corrected chi connectivity index (χ0v) is 16.3. The van der Waals surface area contributed by atoms with E-state index < -0.39 is 6.10 Å². The van der Waals surface area contributed by atoms with Crippen molar-refractivity contribution < 1.29 is 14.3 Å². The molecule has 1 saturated heterocycles. The summed E-state index contributed by atoms with van der Waals surface area (Å²) in [4.78, 5) is 18.5. The molecule has 1 unspecified atom stereocenters. The van der Waals surface area contributed by atoms with Gasteiger partial charge in [-0.15, -0.1) is 11.3 Å². The SMILES string of the molecule is CCc1cc(C(=O)N2CCN(c3ccc(C(C)O)cc3F)CC2)sc1C. The predicted molar refractivity (Wildman–Crippen MR) is 104 cm³/mol. The van der Waals surface area contributed by atoms with Gasteiger partial charge in [0.25, 0.3) is 5.91 Å². The Bertz CT molecular complexity index is 795. The zero-order valence-electron chi connectivity index (χ0n) is 15.5. The van der Waals surface area contributed by atoms with Gasteiger partial charge in [0.15, 0.2) is 0 Å². The van der Waals surface area contributed by atoms with Crippen LogP contribution in [0.4, 0.5) is 10.1 Å². The highest BCUT2D eigenvalue weighted by molar-refractivity contribution is 7.14. The molecule has 140 valence electrons. The summed E-state index contributed by atoms with van der Waals surface area (Å²) >= 11 is 1.56. The highest BCUT2D eigenvalue weighted by Crippen LogP contribution is 2.26. The highest BCUT2D eigenvalue weighted by Gasteiger charge is 2.25. The molecule has 1 atom stereocenters. The van der Waals surface area contributed by atoms with Crippen LogP contribution in [-0.2, 0) is 6.42 Å². The third kappa shape index (κ3) is 3.76. The van der Waals surface area contributed by atoms with Crippen LogP contribution < -0.4 is 4.90 Å². The number of hydrogen-bond donors (Lipinski definition) is 1. The average Bonchev–Trinajstić information content (AvgIpc) is 3.02. The minimum absolute atomic E-state index is 0.0716. The molecule has 1 aliphatic heterocycles. The van der Waals surface area contributed by atoms with Gasteiger partial charge in [-0.1, -0.05) is 13.0 Å². The van der Waals surface area contributed by atoms with Gasteiger partial charge in [-0.2, -0.15) is 0 Å². The first-order valence-corrected chi connectivity index (χ1v) is 9.83. The summed E-state index contributed by atoms with van der Waals surface area (Å²) in [5, 5.41) is 9.57. The Kier molecular flexibility index (Phi) is 5.63. The molecule has 0 spiro atoms. The van der Waals surface area contributed by atoms with Crippen molar-refractivity contribution in [3.63, 3.8) is 0 Å². The number of piperazine rings is 1. The third-order valence-electron chi connectivity index (χ3n) is 4.97. The van der Waals surface area contributed by atoms with Crippen LogP contribution in [0.3, 0.4) is 0 Å². The molecule has 1 aromatic carbocycles. The number of aryl methyl sites for hydroxylation is 2. The number of aliphatic hydroxyl groups excluding tert-OH is 1. The predicted octanol–water partition coefficient (Wildman–Crippen LogP) is 3.77. The van der Waals surface area contributed by atoms with Crippen LogP contribution in [0.15, 0.2) is 24.3 Å². The maximum Gasteiger partial charge on any atom is 0.264 e. The number of aliphatic hydroxyl groups is 1. The van der Waals surface area contributed by atoms with Crippen molar-refractivity contribution in [2.24, 2.45) is 0 Å². The van der Waals surface area contributed by atoms with Crippen molar-refractivity contribution in [2.75, 3.05) is 31.1 Å². The third-order valence-corrected chi connectivity index (χ3v) is 6.05. The van der Waals surface area contributed by atoms with Crippen LogP contribution in [0.5, 0.6) is 0 Å². The van der Waals surface area contributed by atoms with E-state index in [4.69, 9.17) is 0 Å². The minimum atomic E-state index is -0.685. The van der Waals surface area contributed by atoms with Gasteiger partial charge in [0.2, 0.25) is 0 Å². The number of rotatable bonds is 4. The van der Waals surface area contributed by atoms with Crippen molar-refractivity contribution in [2.45, 2.75) is 33.3 Å². The Morgan fingerprint density at radius 1 is 1.27 bits per heavy atom. The van der Waals surface area contributed by atoms with Crippen molar-refractivity contribution in [3.05, 3.63) is 51.0 Å². The molecule has 0 saturated carbocycles. The molecular weight excluding hydrogens is 351 g/mol. The standard InChI is InChI=1S/C20H25FN2O2S/c1-4-15-12-19(26-14(15)3)20(25)23-9-7-22(8-10-23)18-6-5-16(13(2)24)11-17(18)21/h5-6,11-13,24H,4,7-10H2,1-3H3. The molecule has 0 radical (unpaired) electrons. The van der Waals surface area contributed by atoms with Crippen LogP contribution in [0, 0.1) is 12.7 Å². The van der Waals surface area contributed by atoms with E-state index in [1.807, 2.05) is 15.9 Å². The number of thiophene rings is 1. The van der Waals surface area contributed by atoms with Gasteiger partial charge < -0.3 is 14.9 Å².